The predicted octanol–water partition coefficient (Wildman–Crippen LogP) is 3.78. The number of thiophene rings is 1. The Balaban J connectivity index is 1.43. The number of sulfonamides is 1. The number of morpholine rings is 1. The molecule has 0 aliphatic carbocycles. The summed E-state index contributed by atoms with van der Waals surface area (Å²) in [6.45, 7) is 5.35. The van der Waals surface area contributed by atoms with Crippen LogP contribution in [0.1, 0.15) is 29.0 Å². The Labute approximate surface area is 204 Å². The lowest BCUT2D eigenvalue weighted by Gasteiger charge is -2.26. The van der Waals surface area contributed by atoms with Crippen LogP contribution in [0.2, 0.25) is 0 Å². The molecule has 0 radical (unpaired) electrons. The molecule has 1 aliphatic rings. The van der Waals surface area contributed by atoms with Crippen molar-refractivity contribution in [3.05, 3.63) is 82.0 Å². The summed E-state index contributed by atoms with van der Waals surface area (Å²) in [5.41, 5.74) is 2.81. The molecule has 0 bridgehead atoms. The first-order valence-corrected chi connectivity index (χ1v) is 13.5. The lowest BCUT2D eigenvalue weighted by Crippen LogP contribution is -2.40. The smallest absolute Gasteiger partial charge is 0.243 e. The highest BCUT2D eigenvalue weighted by Gasteiger charge is 2.26. The van der Waals surface area contributed by atoms with Crippen LogP contribution in [0, 0.1) is 6.92 Å². The molecule has 2 unspecified atom stereocenters. The van der Waals surface area contributed by atoms with Crippen molar-refractivity contribution in [2.75, 3.05) is 31.6 Å². The number of nitrogens with one attached hydrogen (secondary N) is 2. The van der Waals surface area contributed by atoms with Gasteiger partial charge in [0.05, 0.1) is 30.2 Å². The van der Waals surface area contributed by atoms with Crippen molar-refractivity contribution in [1.82, 2.24) is 9.62 Å². The lowest BCUT2D eigenvalue weighted by molar-refractivity contribution is -0.117. The van der Waals surface area contributed by atoms with Crippen LogP contribution in [-0.2, 0) is 19.6 Å². The monoisotopic (exact) mass is 499 g/mol. The van der Waals surface area contributed by atoms with E-state index in [-0.39, 0.29) is 16.8 Å². The number of carbonyl (C=O) groups excluding carboxylic acids is 1. The topological polar surface area (TPSA) is 87.7 Å². The molecule has 0 saturated carbocycles. The number of anilines is 1. The summed E-state index contributed by atoms with van der Waals surface area (Å²) in [5.74, 6) is -0.197. The van der Waals surface area contributed by atoms with Gasteiger partial charge in [-0.25, -0.2) is 8.42 Å². The highest BCUT2D eigenvalue weighted by Crippen LogP contribution is 2.27. The first-order valence-electron chi connectivity index (χ1n) is 11.2. The SMILES string of the molecule is Cc1ccc(C(NC(C)C(=O)Nc2ccc(S(=O)(=O)N3CCOCC3)cc2)c2cccs2)cc1. The van der Waals surface area contributed by atoms with E-state index in [1.54, 1.807) is 23.5 Å². The van der Waals surface area contributed by atoms with Crippen LogP contribution in [0.3, 0.4) is 0 Å². The molecule has 9 heteroatoms. The molecule has 2 atom stereocenters. The summed E-state index contributed by atoms with van der Waals surface area (Å²) in [6.07, 6.45) is 0. The van der Waals surface area contributed by atoms with Gasteiger partial charge in [-0.2, -0.15) is 4.31 Å². The molecule has 2 heterocycles. The van der Waals surface area contributed by atoms with Gasteiger partial charge in [0.25, 0.3) is 0 Å². The van der Waals surface area contributed by atoms with E-state index in [2.05, 4.69) is 41.0 Å². The van der Waals surface area contributed by atoms with Crippen LogP contribution >= 0.6 is 11.3 Å². The normalized spacial score (nSPS) is 16.6. The average Bonchev–Trinajstić information content (AvgIpc) is 3.38. The quantitative estimate of drug-likeness (QED) is 0.493. The molecule has 34 heavy (non-hydrogen) atoms. The summed E-state index contributed by atoms with van der Waals surface area (Å²) >= 11 is 1.64. The molecular weight excluding hydrogens is 470 g/mol. The fraction of sp³-hybridized carbons (Fsp3) is 0.320. The molecule has 1 fully saturated rings. The zero-order valence-corrected chi connectivity index (χ0v) is 20.9. The molecule has 3 aromatic rings. The first kappa shape index (κ1) is 24.6. The van der Waals surface area contributed by atoms with Gasteiger partial charge < -0.3 is 10.1 Å². The molecule has 7 nitrogen and oxygen atoms in total. The van der Waals surface area contributed by atoms with Gasteiger partial charge >= 0.3 is 0 Å². The third kappa shape index (κ3) is 5.73. The minimum atomic E-state index is -3.57. The van der Waals surface area contributed by atoms with E-state index >= 15 is 0 Å². The van der Waals surface area contributed by atoms with Gasteiger partial charge in [0.1, 0.15) is 0 Å². The number of nitrogens with zero attached hydrogens (tertiary/aromatic N) is 1. The maximum Gasteiger partial charge on any atom is 0.243 e. The molecule has 2 N–H and O–H groups in total. The highest BCUT2D eigenvalue weighted by atomic mass is 32.2. The second-order valence-electron chi connectivity index (χ2n) is 8.28. The van der Waals surface area contributed by atoms with E-state index in [4.69, 9.17) is 4.74 Å². The molecule has 1 saturated heterocycles. The van der Waals surface area contributed by atoms with Crippen molar-refractivity contribution < 1.29 is 17.9 Å². The Morgan fingerprint density at radius 3 is 2.32 bits per heavy atom. The summed E-state index contributed by atoms with van der Waals surface area (Å²) in [7, 11) is -3.57. The minimum absolute atomic E-state index is 0.109. The van der Waals surface area contributed by atoms with E-state index in [1.807, 2.05) is 25.3 Å². The molecule has 0 spiro atoms. The summed E-state index contributed by atoms with van der Waals surface area (Å²) in [5, 5.41) is 8.35. The molecule has 2 aromatic carbocycles. The van der Waals surface area contributed by atoms with Crippen LogP contribution in [0.25, 0.3) is 0 Å². The first-order chi connectivity index (χ1) is 16.3. The summed E-state index contributed by atoms with van der Waals surface area (Å²) < 4.78 is 32.2. The zero-order chi connectivity index (χ0) is 24.1. The van der Waals surface area contributed by atoms with Crippen LogP contribution in [-0.4, -0.2) is 51.0 Å². The molecular formula is C25H29N3O4S2. The molecule has 1 aliphatic heterocycles. The Hall–Kier alpha value is -2.56. The Morgan fingerprint density at radius 2 is 1.71 bits per heavy atom. The number of rotatable bonds is 8. The minimum Gasteiger partial charge on any atom is -0.379 e. The van der Waals surface area contributed by atoms with E-state index < -0.39 is 16.1 Å². The Bertz CT molecular complexity index is 1190. The third-order valence-electron chi connectivity index (χ3n) is 5.78. The second-order valence-corrected chi connectivity index (χ2v) is 11.2. The number of hydrogen-bond donors (Lipinski definition) is 2. The number of hydrogen-bond acceptors (Lipinski definition) is 6. The van der Waals surface area contributed by atoms with Crippen LogP contribution in [0.15, 0.2) is 70.9 Å². The standard InChI is InChI=1S/C25H29N3O4S2/c1-18-5-7-20(8-6-18)24(23-4-3-17-33-23)26-19(2)25(29)27-21-9-11-22(12-10-21)34(30,31)28-13-15-32-16-14-28/h3-12,17,19,24,26H,13-16H2,1-2H3,(H,27,29). The van der Waals surface area contributed by atoms with Crippen LogP contribution < -0.4 is 10.6 Å². The Morgan fingerprint density at radius 1 is 1.03 bits per heavy atom. The Kier molecular flexibility index (Phi) is 7.80. The fourth-order valence-electron chi connectivity index (χ4n) is 3.78. The fourth-order valence-corrected chi connectivity index (χ4v) is 6.00. The summed E-state index contributed by atoms with van der Waals surface area (Å²) in [6, 6.07) is 18.0. The number of aryl methyl sites for hydroxylation is 1. The summed E-state index contributed by atoms with van der Waals surface area (Å²) in [4.78, 5) is 14.3. The van der Waals surface area contributed by atoms with E-state index in [0.717, 1.165) is 10.4 Å². The van der Waals surface area contributed by atoms with Crippen molar-refractivity contribution in [3.63, 3.8) is 0 Å². The van der Waals surface area contributed by atoms with E-state index in [9.17, 15) is 13.2 Å². The predicted molar refractivity (Wildman–Crippen MR) is 135 cm³/mol. The van der Waals surface area contributed by atoms with Crippen molar-refractivity contribution in [3.8, 4) is 0 Å². The lowest BCUT2D eigenvalue weighted by atomic mass is 10.0. The van der Waals surface area contributed by atoms with Crippen molar-refractivity contribution in [2.45, 2.75) is 30.8 Å². The van der Waals surface area contributed by atoms with Gasteiger partial charge in [-0.05, 0) is 55.1 Å². The van der Waals surface area contributed by atoms with E-state index in [1.165, 1.54) is 22.0 Å². The van der Waals surface area contributed by atoms with Gasteiger partial charge in [0.15, 0.2) is 0 Å². The van der Waals surface area contributed by atoms with Crippen LogP contribution in [0.5, 0.6) is 0 Å². The number of amides is 1. The zero-order valence-electron chi connectivity index (χ0n) is 19.2. The van der Waals surface area contributed by atoms with E-state index in [0.29, 0.717) is 32.0 Å². The molecule has 1 aromatic heterocycles. The maximum absolute atomic E-state index is 12.9. The van der Waals surface area contributed by atoms with Crippen molar-refractivity contribution >= 4 is 33.0 Å². The number of carbonyl (C=O) groups is 1. The molecule has 4 rings (SSSR count). The largest absolute Gasteiger partial charge is 0.379 e. The second kappa shape index (κ2) is 10.8. The van der Waals surface area contributed by atoms with Gasteiger partial charge in [-0.15, -0.1) is 11.3 Å². The van der Waals surface area contributed by atoms with Crippen LogP contribution in [0.4, 0.5) is 5.69 Å². The highest BCUT2D eigenvalue weighted by molar-refractivity contribution is 7.89. The number of ether oxygens (including phenoxy) is 1. The number of benzene rings is 2. The maximum atomic E-state index is 12.9. The van der Waals surface area contributed by atoms with Crippen molar-refractivity contribution in [2.24, 2.45) is 0 Å². The van der Waals surface area contributed by atoms with Gasteiger partial charge in [-0.3, -0.25) is 10.1 Å². The van der Waals surface area contributed by atoms with Crippen molar-refractivity contribution in [1.29, 1.82) is 0 Å². The average molecular weight is 500 g/mol. The van der Waals surface area contributed by atoms with Gasteiger partial charge in [0, 0.05) is 23.7 Å². The molecule has 1 amide bonds. The molecule has 180 valence electrons. The third-order valence-corrected chi connectivity index (χ3v) is 8.63. The van der Waals surface area contributed by atoms with Gasteiger partial charge in [-0.1, -0.05) is 35.9 Å². The van der Waals surface area contributed by atoms with Gasteiger partial charge in [0.2, 0.25) is 15.9 Å².